The van der Waals surface area contributed by atoms with Crippen molar-refractivity contribution < 1.29 is 19.1 Å². The minimum Gasteiger partial charge on any atom is -0.444 e. The molecule has 1 aromatic rings. The number of nitrogens with zero attached hydrogens (tertiary/aromatic N) is 1. The number of carbonyl (C=O) groups is 2. The minimum atomic E-state index is -0.426. The highest BCUT2D eigenvalue weighted by molar-refractivity contribution is 9.10. The van der Waals surface area contributed by atoms with Crippen LogP contribution in [0.5, 0.6) is 0 Å². The van der Waals surface area contributed by atoms with Gasteiger partial charge in [-0.2, -0.15) is 0 Å². The molecule has 2 amide bonds. The summed E-state index contributed by atoms with van der Waals surface area (Å²) in [5.74, 6) is -0.441. The lowest BCUT2D eigenvalue weighted by Crippen LogP contribution is -2.46. The highest BCUT2D eigenvalue weighted by Crippen LogP contribution is 2.17. The Hall–Kier alpha value is -1.34. The molecule has 1 aliphatic rings. The van der Waals surface area contributed by atoms with E-state index in [-0.39, 0.29) is 30.9 Å². The normalized spacial score (nSPS) is 19.1. The molecule has 6 nitrogen and oxygen atoms in total. The van der Waals surface area contributed by atoms with Gasteiger partial charge >= 0.3 is 0 Å². The lowest BCUT2D eigenvalue weighted by molar-refractivity contribution is -0.133. The zero-order chi connectivity index (χ0) is 15.2. The van der Waals surface area contributed by atoms with E-state index < -0.39 is 5.91 Å². The summed E-state index contributed by atoms with van der Waals surface area (Å²) in [5.41, 5.74) is 0. The van der Waals surface area contributed by atoms with Crippen LogP contribution in [0.2, 0.25) is 0 Å². The molecule has 7 heteroatoms. The first-order chi connectivity index (χ1) is 10.1. The molecule has 1 atom stereocenters. The Morgan fingerprint density at radius 3 is 2.86 bits per heavy atom. The maximum atomic E-state index is 12.2. The standard InChI is InChI=1S/C14H19BrN2O4/c15-12-6-5-11(21-12)14(20)16-8-13(19)17-7-3-1-2-4-10(17)9-18/h5-6,10,18H,1-4,7-9H2,(H,16,20). The highest BCUT2D eigenvalue weighted by atomic mass is 79.9. The fourth-order valence-electron chi connectivity index (χ4n) is 2.48. The molecule has 116 valence electrons. The Labute approximate surface area is 131 Å². The molecule has 1 fully saturated rings. The molecule has 0 bridgehead atoms. The topological polar surface area (TPSA) is 82.8 Å². The number of hydrogen-bond donors (Lipinski definition) is 2. The summed E-state index contributed by atoms with van der Waals surface area (Å²) in [6, 6.07) is 3.01. The van der Waals surface area contributed by atoms with Crippen molar-refractivity contribution in [3.63, 3.8) is 0 Å². The molecule has 1 aliphatic heterocycles. The van der Waals surface area contributed by atoms with E-state index in [0.717, 1.165) is 25.7 Å². The van der Waals surface area contributed by atoms with Crippen molar-refractivity contribution >= 4 is 27.7 Å². The van der Waals surface area contributed by atoms with E-state index in [9.17, 15) is 14.7 Å². The smallest absolute Gasteiger partial charge is 0.287 e. The van der Waals surface area contributed by atoms with Crippen LogP contribution in [0.15, 0.2) is 21.2 Å². The number of carbonyl (C=O) groups excluding carboxylic acids is 2. The van der Waals surface area contributed by atoms with Gasteiger partial charge in [-0.15, -0.1) is 0 Å². The number of amides is 2. The van der Waals surface area contributed by atoms with Gasteiger partial charge in [0.05, 0.1) is 19.2 Å². The molecule has 2 N–H and O–H groups in total. The summed E-state index contributed by atoms with van der Waals surface area (Å²) in [6.07, 6.45) is 3.82. The number of halogens is 1. The number of nitrogens with one attached hydrogen (secondary N) is 1. The quantitative estimate of drug-likeness (QED) is 0.854. The van der Waals surface area contributed by atoms with Crippen molar-refractivity contribution in [2.45, 2.75) is 31.7 Å². The van der Waals surface area contributed by atoms with Gasteiger partial charge in [-0.1, -0.05) is 12.8 Å². The van der Waals surface area contributed by atoms with Crippen LogP contribution in [-0.4, -0.2) is 47.6 Å². The number of likely N-dealkylation sites (tertiary alicyclic amines) is 1. The molecule has 0 saturated carbocycles. The van der Waals surface area contributed by atoms with E-state index in [4.69, 9.17) is 4.42 Å². The lowest BCUT2D eigenvalue weighted by atomic mass is 10.1. The van der Waals surface area contributed by atoms with E-state index in [1.807, 2.05) is 0 Å². The van der Waals surface area contributed by atoms with Crippen molar-refractivity contribution in [1.29, 1.82) is 0 Å². The molecule has 2 rings (SSSR count). The third kappa shape index (κ3) is 4.31. The molecule has 1 aromatic heterocycles. The first-order valence-corrected chi connectivity index (χ1v) is 7.85. The van der Waals surface area contributed by atoms with Gasteiger partial charge in [-0.3, -0.25) is 9.59 Å². The van der Waals surface area contributed by atoms with Gasteiger partial charge in [-0.05, 0) is 40.9 Å². The van der Waals surface area contributed by atoms with E-state index in [1.165, 1.54) is 6.07 Å². The van der Waals surface area contributed by atoms with Crippen LogP contribution >= 0.6 is 15.9 Å². The number of aliphatic hydroxyl groups excluding tert-OH is 1. The van der Waals surface area contributed by atoms with Gasteiger partial charge in [0, 0.05) is 6.54 Å². The van der Waals surface area contributed by atoms with Crippen LogP contribution in [0.1, 0.15) is 36.2 Å². The molecule has 0 spiro atoms. The van der Waals surface area contributed by atoms with Crippen molar-refractivity contribution in [2.24, 2.45) is 0 Å². The fourth-order valence-corrected chi connectivity index (χ4v) is 2.78. The van der Waals surface area contributed by atoms with Crippen LogP contribution in [0.3, 0.4) is 0 Å². The first kappa shape index (κ1) is 16.0. The third-order valence-electron chi connectivity index (χ3n) is 3.61. The van der Waals surface area contributed by atoms with E-state index in [2.05, 4.69) is 21.2 Å². The second-order valence-corrected chi connectivity index (χ2v) is 5.84. The summed E-state index contributed by atoms with van der Waals surface area (Å²) >= 11 is 3.12. The second-order valence-electron chi connectivity index (χ2n) is 5.06. The van der Waals surface area contributed by atoms with Gasteiger partial charge < -0.3 is 19.7 Å². The Balaban J connectivity index is 1.89. The van der Waals surface area contributed by atoms with Crippen molar-refractivity contribution in [1.82, 2.24) is 10.2 Å². The highest BCUT2D eigenvalue weighted by Gasteiger charge is 2.25. The molecule has 2 heterocycles. The summed E-state index contributed by atoms with van der Waals surface area (Å²) in [5, 5.41) is 11.9. The van der Waals surface area contributed by atoms with Crippen molar-refractivity contribution in [3.05, 3.63) is 22.6 Å². The van der Waals surface area contributed by atoms with Crippen LogP contribution < -0.4 is 5.32 Å². The van der Waals surface area contributed by atoms with E-state index >= 15 is 0 Å². The summed E-state index contributed by atoms with van der Waals surface area (Å²) in [7, 11) is 0. The average molecular weight is 359 g/mol. The molecular formula is C14H19BrN2O4. The summed E-state index contributed by atoms with van der Waals surface area (Å²) in [4.78, 5) is 25.7. The predicted molar refractivity (Wildman–Crippen MR) is 79.8 cm³/mol. The van der Waals surface area contributed by atoms with Crippen molar-refractivity contribution in [2.75, 3.05) is 19.7 Å². The fraction of sp³-hybridized carbons (Fsp3) is 0.571. The molecule has 21 heavy (non-hydrogen) atoms. The zero-order valence-corrected chi connectivity index (χ0v) is 13.3. The maximum absolute atomic E-state index is 12.2. The third-order valence-corrected chi connectivity index (χ3v) is 4.03. The Kier molecular flexibility index (Phi) is 5.81. The number of aliphatic hydroxyl groups is 1. The first-order valence-electron chi connectivity index (χ1n) is 7.05. The molecule has 0 radical (unpaired) electrons. The lowest BCUT2D eigenvalue weighted by Gasteiger charge is -2.28. The van der Waals surface area contributed by atoms with Gasteiger partial charge in [-0.25, -0.2) is 0 Å². The molecular weight excluding hydrogens is 340 g/mol. The van der Waals surface area contributed by atoms with Gasteiger partial charge in [0.1, 0.15) is 0 Å². The summed E-state index contributed by atoms with van der Waals surface area (Å²) in [6.45, 7) is 0.505. The largest absolute Gasteiger partial charge is 0.444 e. The van der Waals surface area contributed by atoms with Crippen LogP contribution in [-0.2, 0) is 4.79 Å². The van der Waals surface area contributed by atoms with Crippen LogP contribution in [0, 0.1) is 0 Å². The van der Waals surface area contributed by atoms with Crippen LogP contribution in [0.25, 0.3) is 0 Å². The molecule has 0 aromatic carbocycles. The number of furan rings is 1. The van der Waals surface area contributed by atoms with Gasteiger partial charge in [0.2, 0.25) is 5.91 Å². The number of hydrogen-bond acceptors (Lipinski definition) is 4. The Morgan fingerprint density at radius 2 is 2.19 bits per heavy atom. The predicted octanol–water partition coefficient (Wildman–Crippen LogP) is 1.54. The minimum absolute atomic E-state index is 0.0369. The maximum Gasteiger partial charge on any atom is 0.287 e. The van der Waals surface area contributed by atoms with Crippen molar-refractivity contribution in [3.8, 4) is 0 Å². The second kappa shape index (κ2) is 7.61. The monoisotopic (exact) mass is 358 g/mol. The molecule has 0 aliphatic carbocycles. The SMILES string of the molecule is O=C(NCC(=O)N1CCCCCC1CO)c1ccc(Br)o1. The Morgan fingerprint density at radius 1 is 1.38 bits per heavy atom. The average Bonchev–Trinajstić information content (AvgIpc) is 2.77. The zero-order valence-electron chi connectivity index (χ0n) is 11.7. The van der Waals surface area contributed by atoms with E-state index in [1.54, 1.807) is 11.0 Å². The van der Waals surface area contributed by atoms with Crippen LogP contribution in [0.4, 0.5) is 0 Å². The molecule has 1 saturated heterocycles. The van der Waals surface area contributed by atoms with E-state index in [0.29, 0.717) is 11.2 Å². The van der Waals surface area contributed by atoms with Gasteiger partial charge in [0.25, 0.3) is 5.91 Å². The number of rotatable bonds is 4. The summed E-state index contributed by atoms with van der Waals surface area (Å²) < 4.78 is 5.59. The Bertz CT molecular complexity index is 503. The van der Waals surface area contributed by atoms with Gasteiger partial charge in [0.15, 0.2) is 10.4 Å². The molecule has 1 unspecified atom stereocenters.